The number of anilines is 2. The molecule has 1 aromatic heterocycles. The first-order valence-electron chi connectivity index (χ1n) is 10.7. The van der Waals surface area contributed by atoms with E-state index in [1.165, 1.54) is 35.0 Å². The smallest absolute Gasteiger partial charge is 0.330 e. The zero-order valence-electron chi connectivity index (χ0n) is 19.0. The number of benzene rings is 2. The fourth-order valence-electron chi connectivity index (χ4n) is 3.05. The van der Waals surface area contributed by atoms with Crippen LogP contribution in [0.4, 0.5) is 16.0 Å². The van der Waals surface area contributed by atoms with Crippen molar-refractivity contribution < 1.29 is 18.7 Å². The van der Waals surface area contributed by atoms with E-state index in [2.05, 4.69) is 10.3 Å². The monoisotopic (exact) mass is 485 g/mol. The zero-order valence-corrected chi connectivity index (χ0v) is 19.8. The van der Waals surface area contributed by atoms with Crippen LogP contribution in [-0.2, 0) is 16.1 Å². The number of hydrogen-bond acceptors (Lipinski definition) is 6. The first-order chi connectivity index (χ1) is 16.3. The highest BCUT2D eigenvalue weighted by molar-refractivity contribution is 6.30. The normalized spacial score (nSPS) is 11.1. The maximum Gasteiger partial charge on any atom is 0.330 e. The second-order valence-corrected chi connectivity index (χ2v) is 8.01. The maximum absolute atomic E-state index is 14.5. The van der Waals surface area contributed by atoms with E-state index >= 15 is 0 Å². The molecule has 2 aromatic carbocycles. The Morgan fingerprint density at radius 2 is 1.97 bits per heavy atom. The van der Waals surface area contributed by atoms with Gasteiger partial charge in [0.1, 0.15) is 0 Å². The van der Waals surface area contributed by atoms with Crippen molar-refractivity contribution >= 4 is 35.3 Å². The number of nitrogens with one attached hydrogen (secondary N) is 1. The molecular weight excluding hydrogens is 461 g/mol. The van der Waals surface area contributed by atoms with Crippen molar-refractivity contribution in [2.45, 2.75) is 33.4 Å². The van der Waals surface area contributed by atoms with Gasteiger partial charge in [0.05, 0.1) is 24.8 Å². The van der Waals surface area contributed by atoms with Crippen molar-refractivity contribution in [1.29, 1.82) is 0 Å². The van der Waals surface area contributed by atoms with Crippen LogP contribution in [0.5, 0.6) is 5.75 Å². The minimum Gasteiger partial charge on any atom is -0.488 e. The van der Waals surface area contributed by atoms with E-state index in [-0.39, 0.29) is 36.5 Å². The Hall–Kier alpha value is -3.65. The van der Waals surface area contributed by atoms with Crippen LogP contribution in [0.1, 0.15) is 31.9 Å². The van der Waals surface area contributed by atoms with Crippen molar-refractivity contribution in [2.24, 2.45) is 0 Å². The fourth-order valence-corrected chi connectivity index (χ4v) is 3.17. The Morgan fingerprint density at radius 3 is 2.62 bits per heavy atom. The molecule has 1 N–H and O–H groups in total. The third-order valence-corrected chi connectivity index (χ3v) is 4.82. The van der Waals surface area contributed by atoms with Gasteiger partial charge in [-0.15, -0.1) is 0 Å². The second kappa shape index (κ2) is 11.5. The van der Waals surface area contributed by atoms with Gasteiger partial charge in [0, 0.05) is 29.0 Å². The predicted octanol–water partition coefficient (Wildman–Crippen LogP) is 5.19. The lowest BCUT2D eigenvalue weighted by Gasteiger charge is -2.16. The van der Waals surface area contributed by atoms with Crippen molar-refractivity contribution in [1.82, 2.24) is 9.55 Å². The summed E-state index contributed by atoms with van der Waals surface area (Å²) < 4.78 is 26.1. The van der Waals surface area contributed by atoms with Gasteiger partial charge in [0.15, 0.2) is 11.6 Å². The van der Waals surface area contributed by atoms with Gasteiger partial charge in [-0.3, -0.25) is 9.36 Å². The number of esters is 1. The molecule has 9 heteroatoms. The summed E-state index contributed by atoms with van der Waals surface area (Å²) >= 11 is 5.97. The van der Waals surface area contributed by atoms with E-state index in [9.17, 15) is 14.0 Å². The molecule has 3 aromatic rings. The van der Waals surface area contributed by atoms with Gasteiger partial charge < -0.3 is 14.8 Å². The third-order valence-electron chi connectivity index (χ3n) is 4.56. The number of nitrogens with zero attached hydrogens (tertiary/aromatic N) is 2. The van der Waals surface area contributed by atoms with Crippen LogP contribution >= 0.6 is 11.6 Å². The second-order valence-electron chi connectivity index (χ2n) is 7.58. The third kappa shape index (κ3) is 6.68. The number of rotatable bonds is 9. The Labute approximate surface area is 201 Å². The van der Waals surface area contributed by atoms with Crippen LogP contribution < -0.4 is 15.6 Å². The molecule has 0 aliphatic carbocycles. The predicted molar refractivity (Wildman–Crippen MR) is 130 cm³/mol. The van der Waals surface area contributed by atoms with E-state index < -0.39 is 17.3 Å². The van der Waals surface area contributed by atoms with Crippen LogP contribution in [0.25, 0.3) is 6.08 Å². The van der Waals surface area contributed by atoms with Gasteiger partial charge in [-0.25, -0.2) is 14.2 Å². The summed E-state index contributed by atoms with van der Waals surface area (Å²) in [6.45, 7) is 5.70. The Bertz CT molecular complexity index is 1240. The minimum atomic E-state index is -0.562. The molecule has 3 rings (SSSR count). The average Bonchev–Trinajstić information content (AvgIpc) is 2.79. The number of carbonyl (C=O) groups is 1. The molecule has 0 amide bonds. The SMILES string of the molecule is CCOC(=O)C=Cc1cnc(Nc2ccc(OC(C)C)c(F)c2)n(Cc2ccc(Cl)cc2)c1=O. The molecule has 0 spiro atoms. The first kappa shape index (κ1) is 25.0. The molecular formula is C25H25ClFN3O4. The van der Waals surface area contributed by atoms with Crippen LogP contribution in [0, 0.1) is 5.82 Å². The lowest BCUT2D eigenvalue weighted by molar-refractivity contribution is -0.137. The number of hydrogen-bond donors (Lipinski definition) is 1. The highest BCUT2D eigenvalue weighted by Crippen LogP contribution is 2.24. The number of carbonyl (C=O) groups excluding carboxylic acids is 1. The van der Waals surface area contributed by atoms with Gasteiger partial charge in [0.25, 0.3) is 5.56 Å². The van der Waals surface area contributed by atoms with Gasteiger partial charge in [-0.05, 0) is 56.7 Å². The molecule has 0 atom stereocenters. The standard InChI is InChI=1S/C25H25ClFN3O4/c1-4-33-23(31)12-7-18-14-28-25(29-20-10-11-22(21(27)13-20)34-16(2)3)30(24(18)32)15-17-5-8-19(26)9-6-17/h5-14,16H,4,15H2,1-3H3,(H,28,29). The van der Waals surface area contributed by atoms with Crippen LogP contribution in [-0.4, -0.2) is 28.2 Å². The molecule has 0 aliphatic rings. The number of ether oxygens (including phenoxy) is 2. The molecule has 0 aliphatic heterocycles. The van der Waals surface area contributed by atoms with Crippen LogP contribution in [0.2, 0.25) is 5.02 Å². The lowest BCUT2D eigenvalue weighted by atomic mass is 10.2. The quantitative estimate of drug-likeness (QED) is 0.332. The molecule has 0 bridgehead atoms. The van der Waals surface area contributed by atoms with Crippen molar-refractivity contribution in [3.63, 3.8) is 0 Å². The van der Waals surface area contributed by atoms with Crippen molar-refractivity contribution in [2.75, 3.05) is 11.9 Å². The number of halogens is 2. The largest absolute Gasteiger partial charge is 0.488 e. The average molecular weight is 486 g/mol. The van der Waals surface area contributed by atoms with Gasteiger partial charge in [-0.2, -0.15) is 0 Å². The summed E-state index contributed by atoms with van der Waals surface area (Å²) in [6.07, 6.45) is 3.69. The summed E-state index contributed by atoms with van der Waals surface area (Å²) in [5, 5.41) is 3.56. The molecule has 7 nitrogen and oxygen atoms in total. The Balaban J connectivity index is 1.97. The fraction of sp³-hybridized carbons (Fsp3) is 0.240. The van der Waals surface area contributed by atoms with Crippen LogP contribution in [0.3, 0.4) is 0 Å². The Morgan fingerprint density at radius 1 is 1.24 bits per heavy atom. The number of aromatic nitrogens is 2. The first-order valence-corrected chi connectivity index (χ1v) is 11.1. The maximum atomic E-state index is 14.5. The van der Waals surface area contributed by atoms with E-state index in [1.807, 2.05) is 13.8 Å². The van der Waals surface area contributed by atoms with E-state index in [1.54, 1.807) is 37.3 Å². The molecule has 1 heterocycles. The van der Waals surface area contributed by atoms with E-state index in [0.29, 0.717) is 10.7 Å². The molecule has 0 fully saturated rings. The van der Waals surface area contributed by atoms with Crippen LogP contribution in [0.15, 0.2) is 59.5 Å². The highest BCUT2D eigenvalue weighted by Gasteiger charge is 2.13. The minimum absolute atomic E-state index is 0.131. The summed E-state index contributed by atoms with van der Waals surface area (Å²) in [7, 11) is 0. The van der Waals surface area contributed by atoms with E-state index in [4.69, 9.17) is 21.1 Å². The van der Waals surface area contributed by atoms with E-state index in [0.717, 1.165) is 5.56 Å². The van der Waals surface area contributed by atoms with Gasteiger partial charge in [-0.1, -0.05) is 23.7 Å². The molecule has 34 heavy (non-hydrogen) atoms. The van der Waals surface area contributed by atoms with Gasteiger partial charge >= 0.3 is 5.97 Å². The van der Waals surface area contributed by atoms with Crippen molar-refractivity contribution in [3.05, 3.63) is 87.1 Å². The molecule has 0 unspecified atom stereocenters. The topological polar surface area (TPSA) is 82.4 Å². The molecule has 0 radical (unpaired) electrons. The highest BCUT2D eigenvalue weighted by atomic mass is 35.5. The summed E-state index contributed by atoms with van der Waals surface area (Å²) in [6, 6.07) is 11.4. The summed E-state index contributed by atoms with van der Waals surface area (Å²) in [4.78, 5) is 29.2. The molecule has 178 valence electrons. The lowest BCUT2D eigenvalue weighted by Crippen LogP contribution is -2.26. The Kier molecular flexibility index (Phi) is 8.43. The summed E-state index contributed by atoms with van der Waals surface area (Å²) in [5.41, 5.74) is 0.988. The molecule has 0 saturated heterocycles. The molecule has 0 saturated carbocycles. The zero-order chi connectivity index (χ0) is 24.7. The van der Waals surface area contributed by atoms with Gasteiger partial charge in [0.2, 0.25) is 5.95 Å². The summed E-state index contributed by atoms with van der Waals surface area (Å²) in [5.74, 6) is -0.775. The van der Waals surface area contributed by atoms with Crippen molar-refractivity contribution in [3.8, 4) is 5.75 Å².